The summed E-state index contributed by atoms with van der Waals surface area (Å²) in [7, 11) is -2.59. The fraction of sp³-hybridized carbons (Fsp3) is 0.778. The zero-order valence-electron chi connectivity index (χ0n) is 11.0. The molecule has 0 fully saturated rings. The largest absolute Gasteiger partial charge is 0.471 e. The van der Waals surface area contributed by atoms with Crippen LogP contribution in [0.4, 0.5) is 13.2 Å². The Balaban J connectivity index is 5.22. The summed E-state index contributed by atoms with van der Waals surface area (Å²) in [5, 5.41) is 1.26. The van der Waals surface area contributed by atoms with Gasteiger partial charge in [0.1, 0.15) is 0 Å². The van der Waals surface area contributed by atoms with E-state index in [-0.39, 0.29) is 6.61 Å². The van der Waals surface area contributed by atoms with Gasteiger partial charge in [-0.15, -0.1) is 0 Å². The molecule has 0 aliphatic carbocycles. The van der Waals surface area contributed by atoms with Gasteiger partial charge >= 0.3 is 25.6 Å². The Morgan fingerprint density at radius 1 is 1.25 bits per heavy atom. The molecule has 1 unspecified atom stereocenters. The van der Waals surface area contributed by atoms with E-state index < -0.39 is 31.4 Å². The molecule has 0 aliphatic heterocycles. The lowest BCUT2D eigenvalue weighted by Gasteiger charge is -2.23. The van der Waals surface area contributed by atoms with Crippen LogP contribution in [0.25, 0.3) is 0 Å². The van der Waals surface area contributed by atoms with Gasteiger partial charge in [-0.2, -0.15) is 13.2 Å². The highest BCUT2D eigenvalue weighted by molar-refractivity contribution is 7.55. The molecule has 7 nitrogen and oxygen atoms in total. The molecule has 0 rings (SSSR count). The summed E-state index contributed by atoms with van der Waals surface area (Å²) in [5.41, 5.74) is 0. The molecule has 0 aromatic heterocycles. The predicted octanol–water partition coefficient (Wildman–Crippen LogP) is 1.43. The van der Waals surface area contributed by atoms with Crippen LogP contribution in [-0.4, -0.2) is 44.7 Å². The number of halogens is 3. The molecule has 0 aliphatic rings. The van der Waals surface area contributed by atoms with E-state index in [1.165, 1.54) is 5.32 Å². The number of ether oxygens (including phenoxy) is 1. The van der Waals surface area contributed by atoms with Gasteiger partial charge in [-0.25, -0.2) is 4.79 Å². The zero-order chi connectivity index (χ0) is 16.0. The van der Waals surface area contributed by atoms with E-state index in [0.29, 0.717) is 6.42 Å². The standard InChI is InChI=1S/C9H15F3NO6P/c1-4-5-19-7(14)6(20(16,17-2)18-3)13-8(15)9(10,11)12/h6H,4-5H2,1-3H3,(H,13,15). The number of hydrogen-bond donors (Lipinski definition) is 1. The average Bonchev–Trinajstić information content (AvgIpc) is 2.39. The maximum absolute atomic E-state index is 12.2. The SMILES string of the molecule is CCCOC(=O)C(NC(=O)C(F)(F)F)P(=O)(OC)OC. The molecule has 0 spiro atoms. The molecule has 0 radical (unpaired) electrons. The van der Waals surface area contributed by atoms with Gasteiger partial charge in [-0.05, 0) is 6.42 Å². The summed E-state index contributed by atoms with van der Waals surface area (Å²) in [4.78, 5) is 22.4. The Morgan fingerprint density at radius 3 is 2.10 bits per heavy atom. The van der Waals surface area contributed by atoms with Crippen molar-refractivity contribution in [3.8, 4) is 0 Å². The molecule has 0 aromatic carbocycles. The summed E-state index contributed by atoms with van der Waals surface area (Å²) in [6.45, 7) is 1.52. The summed E-state index contributed by atoms with van der Waals surface area (Å²) in [6.07, 6.45) is -4.87. The minimum atomic E-state index is -5.25. The molecule has 0 heterocycles. The highest BCUT2D eigenvalue weighted by atomic mass is 31.2. The van der Waals surface area contributed by atoms with Gasteiger partial charge in [0.15, 0.2) is 0 Å². The fourth-order valence-electron chi connectivity index (χ4n) is 1.04. The fourth-order valence-corrected chi connectivity index (χ4v) is 2.22. The van der Waals surface area contributed by atoms with Crippen molar-refractivity contribution >= 4 is 19.5 Å². The van der Waals surface area contributed by atoms with E-state index in [1.54, 1.807) is 6.92 Å². The van der Waals surface area contributed by atoms with Gasteiger partial charge < -0.3 is 19.1 Å². The van der Waals surface area contributed by atoms with Crippen LogP contribution < -0.4 is 5.32 Å². The van der Waals surface area contributed by atoms with Gasteiger partial charge in [-0.1, -0.05) is 6.92 Å². The minimum Gasteiger partial charge on any atom is -0.464 e. The van der Waals surface area contributed by atoms with Crippen LogP contribution in [0.3, 0.4) is 0 Å². The lowest BCUT2D eigenvalue weighted by molar-refractivity contribution is -0.175. The highest BCUT2D eigenvalue weighted by Crippen LogP contribution is 2.51. The molecule has 1 amide bonds. The smallest absolute Gasteiger partial charge is 0.464 e. The summed E-state index contributed by atoms with van der Waals surface area (Å²) >= 11 is 0. The third kappa shape index (κ3) is 5.10. The Labute approximate surface area is 113 Å². The van der Waals surface area contributed by atoms with Crippen molar-refractivity contribution in [3.63, 3.8) is 0 Å². The lowest BCUT2D eigenvalue weighted by atomic mass is 10.5. The molecule has 118 valence electrons. The first kappa shape index (κ1) is 18.9. The third-order valence-corrected chi connectivity index (χ3v) is 4.01. The van der Waals surface area contributed by atoms with E-state index in [2.05, 4.69) is 13.8 Å². The van der Waals surface area contributed by atoms with Crippen molar-refractivity contribution in [1.29, 1.82) is 0 Å². The molecule has 0 bridgehead atoms. The second-order valence-electron chi connectivity index (χ2n) is 3.45. The summed E-state index contributed by atoms with van der Waals surface area (Å²) < 4.78 is 61.9. The van der Waals surface area contributed by atoms with Crippen molar-refractivity contribution in [1.82, 2.24) is 5.32 Å². The number of hydrogen-bond acceptors (Lipinski definition) is 6. The third-order valence-electron chi connectivity index (χ3n) is 2.02. The second kappa shape index (κ2) is 7.61. The molecular formula is C9H15F3NO6P. The molecular weight excluding hydrogens is 306 g/mol. The van der Waals surface area contributed by atoms with E-state index in [1.807, 2.05) is 0 Å². The quantitative estimate of drug-likeness (QED) is 0.563. The van der Waals surface area contributed by atoms with Crippen LogP contribution in [0.2, 0.25) is 0 Å². The van der Waals surface area contributed by atoms with Crippen LogP contribution in [0.15, 0.2) is 0 Å². The number of alkyl halides is 3. The Morgan fingerprint density at radius 2 is 1.75 bits per heavy atom. The number of amides is 1. The first-order valence-electron chi connectivity index (χ1n) is 5.37. The number of esters is 1. The minimum absolute atomic E-state index is 0.120. The Kier molecular flexibility index (Phi) is 7.18. The summed E-state index contributed by atoms with van der Waals surface area (Å²) in [5.74, 6) is -5.99. The zero-order valence-corrected chi connectivity index (χ0v) is 11.9. The van der Waals surface area contributed by atoms with E-state index in [9.17, 15) is 27.3 Å². The number of rotatable bonds is 7. The van der Waals surface area contributed by atoms with Crippen LogP contribution in [0.1, 0.15) is 13.3 Å². The number of nitrogens with one attached hydrogen (secondary N) is 1. The maximum Gasteiger partial charge on any atom is 0.471 e. The maximum atomic E-state index is 12.2. The van der Waals surface area contributed by atoms with Crippen LogP contribution >= 0.6 is 7.60 Å². The van der Waals surface area contributed by atoms with Crippen molar-refractivity contribution in [2.24, 2.45) is 0 Å². The molecule has 0 saturated heterocycles. The van der Waals surface area contributed by atoms with Crippen LogP contribution in [-0.2, 0) is 27.9 Å². The first-order valence-corrected chi connectivity index (χ1v) is 6.99. The highest BCUT2D eigenvalue weighted by Gasteiger charge is 2.48. The average molecular weight is 321 g/mol. The first-order chi connectivity index (χ1) is 9.12. The molecule has 11 heteroatoms. The number of carbonyl (C=O) groups excluding carboxylic acids is 2. The van der Waals surface area contributed by atoms with Gasteiger partial charge in [0.2, 0.25) is 5.78 Å². The monoisotopic (exact) mass is 321 g/mol. The van der Waals surface area contributed by atoms with E-state index in [0.717, 1.165) is 14.2 Å². The second-order valence-corrected chi connectivity index (χ2v) is 5.77. The normalized spacial score (nSPS) is 13.7. The van der Waals surface area contributed by atoms with Crippen molar-refractivity contribution in [2.45, 2.75) is 25.3 Å². The van der Waals surface area contributed by atoms with Gasteiger partial charge in [-0.3, -0.25) is 9.36 Å². The topological polar surface area (TPSA) is 90.9 Å². The van der Waals surface area contributed by atoms with E-state index >= 15 is 0 Å². The predicted molar refractivity (Wildman–Crippen MR) is 60.9 cm³/mol. The van der Waals surface area contributed by atoms with Crippen molar-refractivity contribution in [2.75, 3.05) is 20.8 Å². The van der Waals surface area contributed by atoms with E-state index in [4.69, 9.17) is 0 Å². The van der Waals surface area contributed by atoms with Crippen LogP contribution in [0.5, 0.6) is 0 Å². The molecule has 0 aromatic rings. The van der Waals surface area contributed by atoms with Crippen LogP contribution in [0, 0.1) is 0 Å². The number of carbonyl (C=O) groups is 2. The molecule has 1 N–H and O–H groups in total. The molecule has 20 heavy (non-hydrogen) atoms. The van der Waals surface area contributed by atoms with Crippen molar-refractivity contribution in [3.05, 3.63) is 0 Å². The molecule has 0 saturated carbocycles. The van der Waals surface area contributed by atoms with Crippen molar-refractivity contribution < 1.29 is 41.1 Å². The molecule has 1 atom stereocenters. The van der Waals surface area contributed by atoms with Gasteiger partial charge in [0, 0.05) is 14.2 Å². The Hall–Kier alpha value is -1.12. The lowest BCUT2D eigenvalue weighted by Crippen LogP contribution is -2.47. The van der Waals surface area contributed by atoms with Gasteiger partial charge in [0.05, 0.1) is 6.61 Å². The summed E-state index contributed by atoms with van der Waals surface area (Å²) in [6, 6.07) is 0. The Bertz CT molecular complexity index is 392. The van der Waals surface area contributed by atoms with Gasteiger partial charge in [0.25, 0.3) is 0 Å².